The van der Waals surface area contributed by atoms with Gasteiger partial charge in [-0.05, 0) is 30.7 Å². The third-order valence-electron chi connectivity index (χ3n) is 6.02. The van der Waals surface area contributed by atoms with E-state index in [4.69, 9.17) is 11.6 Å². The molecule has 5 heterocycles. The molecule has 1 spiro atoms. The van der Waals surface area contributed by atoms with Crippen LogP contribution in [-0.4, -0.2) is 48.6 Å². The van der Waals surface area contributed by atoms with E-state index >= 15 is 0 Å². The molecule has 0 saturated heterocycles. The molecule has 10 nitrogen and oxygen atoms in total. The third kappa shape index (κ3) is 2.17. The van der Waals surface area contributed by atoms with Crippen LogP contribution < -0.4 is 10.2 Å². The lowest BCUT2D eigenvalue weighted by Gasteiger charge is -2.32. The van der Waals surface area contributed by atoms with E-state index in [1.165, 1.54) is 17.3 Å². The summed E-state index contributed by atoms with van der Waals surface area (Å²) in [5.74, 6) is 0.336. The molecule has 1 aromatic carbocycles. The van der Waals surface area contributed by atoms with Crippen molar-refractivity contribution in [2.75, 3.05) is 17.3 Å². The summed E-state index contributed by atoms with van der Waals surface area (Å²) in [7, 11) is 1.70. The zero-order chi connectivity index (χ0) is 21.5. The molecule has 154 valence electrons. The summed E-state index contributed by atoms with van der Waals surface area (Å²) in [4.78, 5) is 43.8. The molecule has 3 aromatic heterocycles. The highest BCUT2D eigenvalue weighted by Gasteiger charge is 2.57. The summed E-state index contributed by atoms with van der Waals surface area (Å²) in [6.45, 7) is 1.82. The Morgan fingerprint density at radius 2 is 2.03 bits per heavy atom. The number of hydrogen-bond acceptors (Lipinski definition) is 6. The van der Waals surface area contributed by atoms with E-state index in [-0.39, 0.29) is 18.2 Å². The predicted octanol–water partition coefficient (Wildman–Crippen LogP) is 2.11. The maximum Gasteiger partial charge on any atom is 0.242 e. The van der Waals surface area contributed by atoms with Crippen molar-refractivity contribution in [3.8, 4) is 5.82 Å². The van der Waals surface area contributed by atoms with Gasteiger partial charge in [-0.15, -0.1) is 0 Å². The van der Waals surface area contributed by atoms with E-state index in [2.05, 4.69) is 30.4 Å². The highest BCUT2D eigenvalue weighted by Crippen LogP contribution is 2.53. The van der Waals surface area contributed by atoms with Crippen LogP contribution >= 0.6 is 11.6 Å². The van der Waals surface area contributed by atoms with Crippen LogP contribution in [0.3, 0.4) is 0 Å². The summed E-state index contributed by atoms with van der Waals surface area (Å²) >= 11 is 6.30. The first kappa shape index (κ1) is 18.0. The summed E-state index contributed by atoms with van der Waals surface area (Å²) in [6.07, 6.45) is 2.86. The highest BCUT2D eigenvalue weighted by atomic mass is 35.5. The van der Waals surface area contributed by atoms with Crippen molar-refractivity contribution in [1.29, 1.82) is 0 Å². The van der Waals surface area contributed by atoms with Gasteiger partial charge >= 0.3 is 0 Å². The van der Waals surface area contributed by atoms with Gasteiger partial charge < -0.3 is 15.2 Å². The zero-order valence-corrected chi connectivity index (χ0v) is 17.2. The molecule has 1 atom stereocenters. The Bertz CT molecular complexity index is 1440. The number of rotatable bonds is 1. The monoisotopic (exact) mass is 434 g/mol. The van der Waals surface area contributed by atoms with Crippen LogP contribution in [0, 0.1) is 6.92 Å². The number of imidazole rings is 1. The fraction of sp³-hybridized carbons (Fsp3) is 0.200. The standard InChI is InChI=1S/C20H15ClN8O2/c1-9-14-17(29(27-9)18-15-16(23-7-22-15)24-8-25-18)26-13(30)6-20(14)11-5-10(21)3-4-12(11)28(2)19(20)31/h3-5,7-8H,6H2,1-2H3,(H,26,30)(H,22,23,24,25). The lowest BCUT2D eigenvalue weighted by atomic mass is 9.70. The van der Waals surface area contributed by atoms with Crippen LogP contribution in [0.2, 0.25) is 5.02 Å². The number of benzene rings is 1. The number of aromatic amines is 1. The number of fused-ring (bicyclic) bond motifs is 5. The highest BCUT2D eigenvalue weighted by molar-refractivity contribution is 6.31. The molecule has 11 heteroatoms. The number of hydrogen-bond donors (Lipinski definition) is 2. The number of nitrogens with zero attached hydrogens (tertiary/aromatic N) is 6. The molecule has 0 saturated carbocycles. The van der Waals surface area contributed by atoms with E-state index in [1.807, 2.05) is 6.92 Å². The van der Waals surface area contributed by atoms with Gasteiger partial charge in [0.2, 0.25) is 11.8 Å². The molecule has 1 unspecified atom stereocenters. The first-order chi connectivity index (χ1) is 14.9. The first-order valence-corrected chi connectivity index (χ1v) is 9.92. The van der Waals surface area contributed by atoms with E-state index in [1.54, 1.807) is 30.1 Å². The third-order valence-corrected chi connectivity index (χ3v) is 6.26. The van der Waals surface area contributed by atoms with Crippen LogP contribution in [0.4, 0.5) is 11.5 Å². The summed E-state index contributed by atoms with van der Waals surface area (Å²) in [6, 6.07) is 5.29. The van der Waals surface area contributed by atoms with Gasteiger partial charge in [0, 0.05) is 29.7 Å². The molecule has 4 aromatic rings. The summed E-state index contributed by atoms with van der Waals surface area (Å²) < 4.78 is 1.53. The number of H-pyrrole nitrogens is 1. The maximum atomic E-state index is 13.7. The normalized spacial score (nSPS) is 19.8. The van der Waals surface area contributed by atoms with Gasteiger partial charge in [-0.2, -0.15) is 9.78 Å². The Morgan fingerprint density at radius 3 is 2.87 bits per heavy atom. The summed E-state index contributed by atoms with van der Waals surface area (Å²) in [5.41, 5.74) is 2.49. The molecule has 31 heavy (non-hydrogen) atoms. The maximum absolute atomic E-state index is 13.7. The predicted molar refractivity (Wildman–Crippen MR) is 112 cm³/mol. The molecule has 2 aliphatic heterocycles. The molecule has 0 radical (unpaired) electrons. The quantitative estimate of drug-likeness (QED) is 0.473. The van der Waals surface area contributed by atoms with Crippen molar-refractivity contribution in [3.05, 3.63) is 52.7 Å². The Balaban J connectivity index is 1.69. The van der Waals surface area contributed by atoms with Gasteiger partial charge in [0.1, 0.15) is 23.1 Å². The Morgan fingerprint density at radius 1 is 1.19 bits per heavy atom. The van der Waals surface area contributed by atoms with Crippen LogP contribution in [-0.2, 0) is 15.0 Å². The van der Waals surface area contributed by atoms with Crippen LogP contribution in [0.5, 0.6) is 0 Å². The summed E-state index contributed by atoms with van der Waals surface area (Å²) in [5, 5.41) is 8.05. The van der Waals surface area contributed by atoms with Gasteiger partial charge in [0.25, 0.3) is 0 Å². The van der Waals surface area contributed by atoms with Crippen LogP contribution in [0.15, 0.2) is 30.9 Å². The first-order valence-electron chi connectivity index (χ1n) is 9.54. The molecule has 2 aliphatic rings. The lowest BCUT2D eigenvalue weighted by Crippen LogP contribution is -2.46. The SMILES string of the molecule is Cc1nn(-c2ncnc3nc[nH]c23)c2c1C1(CC(=O)N2)C(=O)N(C)c2ccc(Cl)cc21. The van der Waals surface area contributed by atoms with Crippen molar-refractivity contribution in [1.82, 2.24) is 29.7 Å². The molecule has 0 aliphatic carbocycles. The Kier molecular flexibility index (Phi) is 3.42. The minimum Gasteiger partial charge on any atom is -0.340 e. The van der Waals surface area contributed by atoms with Gasteiger partial charge in [0.05, 0.1) is 12.0 Å². The molecular formula is C20H15ClN8O2. The zero-order valence-electron chi connectivity index (χ0n) is 16.5. The fourth-order valence-corrected chi connectivity index (χ4v) is 4.96. The number of likely N-dealkylation sites (N-methyl/N-ethyl adjacent to an activating group) is 1. The Hall–Kier alpha value is -3.79. The van der Waals surface area contributed by atoms with Crippen molar-refractivity contribution < 1.29 is 9.59 Å². The smallest absolute Gasteiger partial charge is 0.242 e. The minimum atomic E-state index is -1.21. The van der Waals surface area contributed by atoms with Crippen LogP contribution in [0.1, 0.15) is 23.2 Å². The average Bonchev–Trinajstić information content (AvgIpc) is 3.40. The second-order valence-corrected chi connectivity index (χ2v) is 8.11. The molecule has 2 N–H and O–H groups in total. The molecule has 0 fully saturated rings. The van der Waals surface area contributed by atoms with Crippen LogP contribution in [0.25, 0.3) is 17.0 Å². The van der Waals surface area contributed by atoms with Crippen molar-refractivity contribution in [3.63, 3.8) is 0 Å². The molecule has 0 bridgehead atoms. The lowest BCUT2D eigenvalue weighted by molar-refractivity contribution is -0.126. The fourth-order valence-electron chi connectivity index (χ4n) is 4.79. The average molecular weight is 435 g/mol. The Labute approximate surface area is 180 Å². The second-order valence-electron chi connectivity index (χ2n) is 7.68. The van der Waals surface area contributed by atoms with Gasteiger partial charge in [0.15, 0.2) is 11.5 Å². The number of halogens is 1. The van der Waals surface area contributed by atoms with Gasteiger partial charge in [-0.3, -0.25) is 9.59 Å². The van der Waals surface area contributed by atoms with E-state index in [9.17, 15) is 9.59 Å². The van der Waals surface area contributed by atoms with Crippen molar-refractivity contribution in [2.24, 2.45) is 0 Å². The number of carbonyl (C=O) groups excluding carboxylic acids is 2. The number of amides is 2. The molecular weight excluding hydrogens is 420 g/mol. The van der Waals surface area contributed by atoms with Gasteiger partial charge in [-0.25, -0.2) is 15.0 Å². The number of aryl methyl sites for hydroxylation is 1. The van der Waals surface area contributed by atoms with Crippen molar-refractivity contribution >= 4 is 46.1 Å². The number of anilines is 2. The van der Waals surface area contributed by atoms with E-state index in [0.717, 1.165) is 5.69 Å². The largest absolute Gasteiger partial charge is 0.340 e. The van der Waals surface area contributed by atoms with Crippen molar-refractivity contribution in [2.45, 2.75) is 18.8 Å². The number of aromatic nitrogens is 6. The number of nitrogens with one attached hydrogen (secondary N) is 2. The van der Waals surface area contributed by atoms with Gasteiger partial charge in [-0.1, -0.05) is 11.6 Å². The topological polar surface area (TPSA) is 122 Å². The molecule has 2 amide bonds. The van der Waals surface area contributed by atoms with E-state index < -0.39 is 5.41 Å². The second kappa shape index (κ2) is 5.88. The number of carbonyl (C=O) groups is 2. The minimum absolute atomic E-state index is 0.0354. The van der Waals surface area contributed by atoms with E-state index in [0.29, 0.717) is 44.6 Å². The molecule has 6 rings (SSSR count).